The van der Waals surface area contributed by atoms with E-state index >= 15 is 0 Å². The number of hydrogen-bond acceptors (Lipinski definition) is 3. The lowest BCUT2D eigenvalue weighted by molar-refractivity contribution is 0.409. The van der Waals surface area contributed by atoms with Crippen molar-refractivity contribution < 1.29 is 9.47 Å². The summed E-state index contributed by atoms with van der Waals surface area (Å²) in [5.74, 6) is 2.03. The predicted molar refractivity (Wildman–Crippen MR) is 71.6 cm³/mol. The molecule has 2 N–H and O–H groups in total. The van der Waals surface area contributed by atoms with Gasteiger partial charge in [0.25, 0.3) is 0 Å². The SMILES string of the molecule is COc1ccc(N)c(Oc2ccc(Br)cc2)c1. The summed E-state index contributed by atoms with van der Waals surface area (Å²) in [7, 11) is 1.61. The maximum atomic E-state index is 5.83. The lowest BCUT2D eigenvalue weighted by Crippen LogP contribution is -1.93. The molecule has 0 spiro atoms. The van der Waals surface area contributed by atoms with Gasteiger partial charge in [-0.25, -0.2) is 0 Å². The number of methoxy groups -OCH3 is 1. The van der Waals surface area contributed by atoms with Gasteiger partial charge in [0.2, 0.25) is 0 Å². The van der Waals surface area contributed by atoms with E-state index in [1.54, 1.807) is 25.3 Å². The second kappa shape index (κ2) is 5.10. The van der Waals surface area contributed by atoms with Gasteiger partial charge < -0.3 is 15.2 Å². The third kappa shape index (κ3) is 2.91. The highest BCUT2D eigenvalue weighted by molar-refractivity contribution is 9.10. The zero-order valence-corrected chi connectivity index (χ0v) is 10.9. The van der Waals surface area contributed by atoms with E-state index in [1.165, 1.54) is 0 Å². The summed E-state index contributed by atoms with van der Waals surface area (Å²) in [6.45, 7) is 0. The molecule has 0 atom stereocenters. The van der Waals surface area contributed by atoms with Gasteiger partial charge in [-0.1, -0.05) is 15.9 Å². The Morgan fingerprint density at radius 1 is 1.00 bits per heavy atom. The molecule has 88 valence electrons. The van der Waals surface area contributed by atoms with Crippen LogP contribution in [0.2, 0.25) is 0 Å². The Morgan fingerprint density at radius 3 is 2.29 bits per heavy atom. The summed E-state index contributed by atoms with van der Waals surface area (Å²) in [6, 6.07) is 12.9. The standard InChI is InChI=1S/C13H12BrNO2/c1-16-11-6-7-12(15)13(8-11)17-10-4-2-9(14)3-5-10/h2-8H,15H2,1H3. The van der Waals surface area contributed by atoms with Crippen molar-refractivity contribution in [3.05, 3.63) is 46.9 Å². The van der Waals surface area contributed by atoms with Crippen molar-refractivity contribution in [3.63, 3.8) is 0 Å². The van der Waals surface area contributed by atoms with Gasteiger partial charge in [-0.15, -0.1) is 0 Å². The number of hydrogen-bond donors (Lipinski definition) is 1. The maximum absolute atomic E-state index is 5.83. The molecule has 0 unspecified atom stereocenters. The first-order valence-corrected chi connectivity index (χ1v) is 5.85. The lowest BCUT2D eigenvalue weighted by Gasteiger charge is -2.10. The predicted octanol–water partition coefficient (Wildman–Crippen LogP) is 3.83. The number of nitrogen functional groups attached to an aromatic ring is 1. The minimum atomic E-state index is 0.578. The fourth-order valence-corrected chi connectivity index (χ4v) is 1.62. The first-order valence-electron chi connectivity index (χ1n) is 5.06. The normalized spacial score (nSPS) is 10.0. The number of ether oxygens (including phenoxy) is 2. The Balaban J connectivity index is 2.25. The monoisotopic (exact) mass is 293 g/mol. The molecule has 2 aromatic carbocycles. The van der Waals surface area contributed by atoms with E-state index in [0.717, 1.165) is 10.2 Å². The quantitative estimate of drug-likeness (QED) is 0.875. The topological polar surface area (TPSA) is 44.5 Å². The Hall–Kier alpha value is -1.68. The second-order valence-corrected chi connectivity index (χ2v) is 4.38. The largest absolute Gasteiger partial charge is 0.497 e. The summed E-state index contributed by atoms with van der Waals surface area (Å²) < 4.78 is 11.8. The van der Waals surface area contributed by atoms with Crippen LogP contribution < -0.4 is 15.2 Å². The van der Waals surface area contributed by atoms with E-state index in [1.807, 2.05) is 24.3 Å². The molecule has 17 heavy (non-hydrogen) atoms. The van der Waals surface area contributed by atoms with Crippen molar-refractivity contribution in [1.29, 1.82) is 0 Å². The third-order valence-electron chi connectivity index (χ3n) is 2.26. The number of anilines is 1. The molecular weight excluding hydrogens is 282 g/mol. The van der Waals surface area contributed by atoms with Gasteiger partial charge >= 0.3 is 0 Å². The first kappa shape index (κ1) is 11.8. The second-order valence-electron chi connectivity index (χ2n) is 3.46. The van der Waals surface area contributed by atoms with Crippen molar-refractivity contribution in [3.8, 4) is 17.2 Å². The first-order chi connectivity index (χ1) is 8.19. The van der Waals surface area contributed by atoms with Gasteiger partial charge in [-0.05, 0) is 36.4 Å². The van der Waals surface area contributed by atoms with Gasteiger partial charge in [0.1, 0.15) is 11.5 Å². The summed E-state index contributed by atoms with van der Waals surface area (Å²) >= 11 is 3.37. The smallest absolute Gasteiger partial charge is 0.153 e. The highest BCUT2D eigenvalue weighted by Gasteiger charge is 2.04. The van der Waals surface area contributed by atoms with Crippen LogP contribution in [0.5, 0.6) is 17.2 Å². The third-order valence-corrected chi connectivity index (χ3v) is 2.79. The van der Waals surface area contributed by atoms with Crippen LogP contribution in [-0.4, -0.2) is 7.11 Å². The summed E-state index contributed by atoms with van der Waals surface area (Å²) in [5.41, 5.74) is 6.41. The van der Waals surface area contributed by atoms with E-state index in [9.17, 15) is 0 Å². The van der Waals surface area contributed by atoms with E-state index in [4.69, 9.17) is 15.2 Å². The molecule has 0 aromatic heterocycles. The highest BCUT2D eigenvalue weighted by Crippen LogP contribution is 2.31. The molecule has 0 amide bonds. The zero-order chi connectivity index (χ0) is 12.3. The zero-order valence-electron chi connectivity index (χ0n) is 9.31. The van der Waals surface area contributed by atoms with E-state index in [0.29, 0.717) is 17.2 Å². The van der Waals surface area contributed by atoms with E-state index in [-0.39, 0.29) is 0 Å². The van der Waals surface area contributed by atoms with Crippen molar-refractivity contribution >= 4 is 21.6 Å². The van der Waals surface area contributed by atoms with Crippen molar-refractivity contribution in [2.24, 2.45) is 0 Å². The van der Waals surface area contributed by atoms with Crippen LogP contribution in [0.3, 0.4) is 0 Å². The van der Waals surface area contributed by atoms with E-state index in [2.05, 4.69) is 15.9 Å². The van der Waals surface area contributed by atoms with Gasteiger partial charge in [0, 0.05) is 10.5 Å². The average molecular weight is 294 g/mol. The molecule has 2 rings (SSSR count). The molecule has 0 bridgehead atoms. The van der Waals surface area contributed by atoms with Crippen LogP contribution in [0.1, 0.15) is 0 Å². The Bertz CT molecular complexity index is 511. The molecule has 0 heterocycles. The molecule has 0 fully saturated rings. The molecule has 0 aliphatic carbocycles. The molecule has 0 saturated carbocycles. The van der Waals surface area contributed by atoms with Crippen LogP contribution in [0.25, 0.3) is 0 Å². The fourth-order valence-electron chi connectivity index (χ4n) is 1.36. The number of nitrogens with two attached hydrogens (primary N) is 1. The minimum Gasteiger partial charge on any atom is -0.497 e. The minimum absolute atomic E-state index is 0.578. The molecule has 0 saturated heterocycles. The molecule has 2 aromatic rings. The van der Waals surface area contributed by atoms with Crippen LogP contribution >= 0.6 is 15.9 Å². The Labute approximate surface area is 108 Å². The van der Waals surface area contributed by atoms with E-state index < -0.39 is 0 Å². The molecule has 0 aliphatic rings. The Kier molecular flexibility index (Phi) is 3.54. The van der Waals surface area contributed by atoms with Crippen LogP contribution in [-0.2, 0) is 0 Å². The summed E-state index contributed by atoms with van der Waals surface area (Å²) in [4.78, 5) is 0. The van der Waals surface area contributed by atoms with Crippen LogP contribution in [0, 0.1) is 0 Å². The van der Waals surface area contributed by atoms with Crippen LogP contribution in [0.15, 0.2) is 46.9 Å². The molecule has 0 aliphatic heterocycles. The fraction of sp³-hybridized carbons (Fsp3) is 0.0769. The lowest BCUT2D eigenvalue weighted by atomic mass is 10.2. The van der Waals surface area contributed by atoms with Crippen molar-refractivity contribution in [1.82, 2.24) is 0 Å². The molecule has 0 radical (unpaired) electrons. The van der Waals surface area contributed by atoms with Crippen molar-refractivity contribution in [2.75, 3.05) is 12.8 Å². The van der Waals surface area contributed by atoms with Gasteiger partial charge in [-0.2, -0.15) is 0 Å². The van der Waals surface area contributed by atoms with Gasteiger partial charge in [-0.3, -0.25) is 0 Å². The summed E-state index contributed by atoms with van der Waals surface area (Å²) in [5, 5.41) is 0. The van der Waals surface area contributed by atoms with Gasteiger partial charge in [0.15, 0.2) is 5.75 Å². The molecule has 4 heteroatoms. The summed E-state index contributed by atoms with van der Waals surface area (Å²) in [6.07, 6.45) is 0. The number of benzene rings is 2. The number of halogens is 1. The molecule has 3 nitrogen and oxygen atoms in total. The number of rotatable bonds is 3. The van der Waals surface area contributed by atoms with Crippen LogP contribution in [0.4, 0.5) is 5.69 Å². The maximum Gasteiger partial charge on any atom is 0.153 e. The highest BCUT2D eigenvalue weighted by atomic mass is 79.9. The molecular formula is C13H12BrNO2. The van der Waals surface area contributed by atoms with Crippen molar-refractivity contribution in [2.45, 2.75) is 0 Å². The Morgan fingerprint density at radius 2 is 1.65 bits per heavy atom. The average Bonchev–Trinajstić information content (AvgIpc) is 2.35. The van der Waals surface area contributed by atoms with Gasteiger partial charge in [0.05, 0.1) is 12.8 Å².